The molecule has 2 aromatic rings. The lowest BCUT2D eigenvalue weighted by molar-refractivity contribution is 0.403. The van der Waals surface area contributed by atoms with Crippen LogP contribution >= 0.6 is 11.3 Å². The van der Waals surface area contributed by atoms with Crippen LogP contribution in [0.1, 0.15) is 24.5 Å². The molecule has 0 saturated heterocycles. The fourth-order valence-corrected chi connectivity index (χ4v) is 4.13. The molecule has 0 atom stereocenters. The van der Waals surface area contributed by atoms with E-state index in [2.05, 4.69) is 9.71 Å². The molecular formula is C13H14N2O3S2. The van der Waals surface area contributed by atoms with Gasteiger partial charge in [0.2, 0.25) is 0 Å². The van der Waals surface area contributed by atoms with Gasteiger partial charge in [0.25, 0.3) is 10.0 Å². The standard InChI is InChI=1S/C13H14N2O3S2/c1-18-11-4-2-3-5-12(11)20(16,17)15-13-14-10(8-19-13)9-6-7-9/h2-5,8-9H,6-7H2,1H3,(H,14,15). The summed E-state index contributed by atoms with van der Waals surface area (Å²) in [5.74, 6) is 0.828. The van der Waals surface area contributed by atoms with Crippen molar-refractivity contribution in [2.24, 2.45) is 0 Å². The number of ether oxygens (including phenoxy) is 1. The van der Waals surface area contributed by atoms with Gasteiger partial charge in [0.1, 0.15) is 10.6 Å². The van der Waals surface area contributed by atoms with Gasteiger partial charge in [-0.3, -0.25) is 4.72 Å². The number of hydrogen-bond donors (Lipinski definition) is 1. The van der Waals surface area contributed by atoms with Gasteiger partial charge in [-0.05, 0) is 25.0 Å². The lowest BCUT2D eigenvalue weighted by Crippen LogP contribution is -2.13. The second kappa shape index (κ2) is 5.06. The Morgan fingerprint density at radius 3 is 2.80 bits per heavy atom. The molecule has 1 N–H and O–H groups in total. The molecule has 106 valence electrons. The minimum absolute atomic E-state index is 0.116. The average Bonchev–Trinajstić information content (AvgIpc) is 3.20. The summed E-state index contributed by atoms with van der Waals surface area (Å²) in [6.45, 7) is 0. The van der Waals surface area contributed by atoms with Crippen molar-refractivity contribution in [2.75, 3.05) is 11.8 Å². The van der Waals surface area contributed by atoms with E-state index in [4.69, 9.17) is 4.74 Å². The summed E-state index contributed by atoms with van der Waals surface area (Å²) in [6, 6.07) is 6.52. The SMILES string of the molecule is COc1ccccc1S(=O)(=O)Nc1nc(C2CC2)cs1. The fraction of sp³-hybridized carbons (Fsp3) is 0.308. The topological polar surface area (TPSA) is 68.3 Å². The summed E-state index contributed by atoms with van der Waals surface area (Å²) < 4.78 is 32.3. The Hall–Kier alpha value is -1.60. The number of methoxy groups -OCH3 is 1. The molecule has 1 fully saturated rings. The molecule has 1 aromatic heterocycles. The number of nitrogens with zero attached hydrogens (tertiary/aromatic N) is 1. The largest absolute Gasteiger partial charge is 0.495 e. The van der Waals surface area contributed by atoms with Gasteiger partial charge in [-0.25, -0.2) is 13.4 Å². The molecule has 0 radical (unpaired) electrons. The minimum Gasteiger partial charge on any atom is -0.495 e. The molecule has 0 unspecified atom stereocenters. The molecular weight excluding hydrogens is 296 g/mol. The third-order valence-electron chi connectivity index (χ3n) is 3.10. The Morgan fingerprint density at radius 1 is 1.35 bits per heavy atom. The Balaban J connectivity index is 1.87. The van der Waals surface area contributed by atoms with Crippen LogP contribution in [0.5, 0.6) is 5.75 Å². The number of anilines is 1. The molecule has 1 aliphatic rings. The third-order valence-corrected chi connectivity index (χ3v) is 5.38. The van der Waals surface area contributed by atoms with E-state index in [9.17, 15) is 8.42 Å². The Morgan fingerprint density at radius 2 is 2.10 bits per heavy atom. The quantitative estimate of drug-likeness (QED) is 0.922. The minimum atomic E-state index is -3.68. The van der Waals surface area contributed by atoms with Crippen LogP contribution < -0.4 is 9.46 Å². The van der Waals surface area contributed by atoms with E-state index in [-0.39, 0.29) is 4.90 Å². The lowest BCUT2D eigenvalue weighted by Gasteiger charge is -2.09. The van der Waals surface area contributed by atoms with Crippen LogP contribution in [0.3, 0.4) is 0 Å². The smallest absolute Gasteiger partial charge is 0.267 e. The number of rotatable bonds is 5. The number of thiazole rings is 1. The first kappa shape index (κ1) is 13.4. The molecule has 0 amide bonds. The van der Waals surface area contributed by atoms with E-state index in [1.54, 1.807) is 18.2 Å². The van der Waals surface area contributed by atoms with Crippen LogP contribution in [0.25, 0.3) is 0 Å². The number of sulfonamides is 1. The first-order valence-corrected chi connectivity index (χ1v) is 8.58. The summed E-state index contributed by atoms with van der Waals surface area (Å²) in [5.41, 5.74) is 0.979. The molecule has 0 aliphatic heterocycles. The fourth-order valence-electron chi connectivity index (χ4n) is 1.91. The van der Waals surface area contributed by atoms with Crippen molar-refractivity contribution >= 4 is 26.5 Å². The zero-order valence-electron chi connectivity index (χ0n) is 10.9. The highest BCUT2D eigenvalue weighted by atomic mass is 32.2. The third kappa shape index (κ3) is 2.64. The predicted molar refractivity (Wildman–Crippen MR) is 77.9 cm³/mol. The van der Waals surface area contributed by atoms with Crippen molar-refractivity contribution in [1.29, 1.82) is 0 Å². The lowest BCUT2D eigenvalue weighted by atomic mass is 10.3. The van der Waals surface area contributed by atoms with Gasteiger partial charge in [0.05, 0.1) is 12.8 Å². The maximum Gasteiger partial charge on any atom is 0.267 e. The van der Waals surface area contributed by atoms with E-state index in [1.165, 1.54) is 24.5 Å². The van der Waals surface area contributed by atoms with Crippen LogP contribution in [0.15, 0.2) is 34.5 Å². The van der Waals surface area contributed by atoms with Gasteiger partial charge in [0.15, 0.2) is 5.13 Å². The van der Waals surface area contributed by atoms with E-state index in [0.717, 1.165) is 18.5 Å². The maximum atomic E-state index is 12.4. The zero-order chi connectivity index (χ0) is 14.2. The number of benzene rings is 1. The second-order valence-electron chi connectivity index (χ2n) is 4.61. The molecule has 5 nitrogen and oxygen atoms in total. The first-order valence-electron chi connectivity index (χ1n) is 6.21. The summed E-state index contributed by atoms with van der Waals surface area (Å²) >= 11 is 1.31. The molecule has 0 spiro atoms. The monoisotopic (exact) mass is 310 g/mol. The maximum absolute atomic E-state index is 12.4. The van der Waals surface area contributed by atoms with Crippen molar-refractivity contribution in [2.45, 2.75) is 23.7 Å². The second-order valence-corrected chi connectivity index (χ2v) is 7.12. The first-order chi connectivity index (χ1) is 9.60. The number of aromatic nitrogens is 1. The van der Waals surface area contributed by atoms with Crippen LogP contribution in [0.4, 0.5) is 5.13 Å². The summed E-state index contributed by atoms with van der Waals surface area (Å²) in [4.78, 5) is 4.44. The molecule has 0 bridgehead atoms. The summed E-state index contributed by atoms with van der Waals surface area (Å²) in [6.07, 6.45) is 2.28. The number of nitrogens with one attached hydrogen (secondary N) is 1. The van der Waals surface area contributed by atoms with Crippen LogP contribution in [0.2, 0.25) is 0 Å². The van der Waals surface area contributed by atoms with E-state index in [0.29, 0.717) is 16.8 Å². The molecule has 1 saturated carbocycles. The Labute approximate surface area is 121 Å². The van der Waals surface area contributed by atoms with Gasteiger partial charge >= 0.3 is 0 Å². The van der Waals surface area contributed by atoms with Gasteiger partial charge in [-0.15, -0.1) is 11.3 Å². The number of para-hydroxylation sites is 1. The van der Waals surface area contributed by atoms with Crippen LogP contribution in [-0.4, -0.2) is 20.5 Å². The normalized spacial score (nSPS) is 15.1. The van der Waals surface area contributed by atoms with Crippen molar-refractivity contribution in [3.8, 4) is 5.75 Å². The van der Waals surface area contributed by atoms with E-state index >= 15 is 0 Å². The molecule has 1 aromatic carbocycles. The van der Waals surface area contributed by atoms with Crippen LogP contribution in [0, 0.1) is 0 Å². The van der Waals surface area contributed by atoms with E-state index in [1.807, 2.05) is 5.38 Å². The Kier molecular flexibility index (Phi) is 3.39. The van der Waals surface area contributed by atoms with E-state index < -0.39 is 10.0 Å². The van der Waals surface area contributed by atoms with Gasteiger partial charge in [0, 0.05) is 11.3 Å². The zero-order valence-corrected chi connectivity index (χ0v) is 12.5. The van der Waals surface area contributed by atoms with Crippen molar-refractivity contribution in [3.63, 3.8) is 0 Å². The average molecular weight is 310 g/mol. The molecule has 1 aliphatic carbocycles. The molecule has 1 heterocycles. The van der Waals surface area contributed by atoms with Gasteiger partial charge in [-0.1, -0.05) is 12.1 Å². The van der Waals surface area contributed by atoms with Gasteiger partial charge in [-0.2, -0.15) is 0 Å². The van der Waals surface area contributed by atoms with Crippen LogP contribution in [-0.2, 0) is 10.0 Å². The summed E-state index contributed by atoms with van der Waals surface area (Å²) in [7, 11) is -2.23. The summed E-state index contributed by atoms with van der Waals surface area (Å²) in [5, 5.41) is 2.32. The highest BCUT2D eigenvalue weighted by molar-refractivity contribution is 7.93. The van der Waals surface area contributed by atoms with Crippen molar-refractivity contribution in [3.05, 3.63) is 35.3 Å². The molecule has 3 rings (SSSR count). The Bertz CT molecular complexity index is 721. The number of hydrogen-bond acceptors (Lipinski definition) is 5. The molecule has 7 heteroatoms. The predicted octanol–water partition coefficient (Wildman–Crippen LogP) is 2.83. The highest BCUT2D eigenvalue weighted by Crippen LogP contribution is 2.41. The molecule has 20 heavy (non-hydrogen) atoms. The van der Waals surface area contributed by atoms with Gasteiger partial charge < -0.3 is 4.74 Å². The van der Waals surface area contributed by atoms with Crippen molar-refractivity contribution < 1.29 is 13.2 Å². The highest BCUT2D eigenvalue weighted by Gasteiger charge is 2.27. The van der Waals surface area contributed by atoms with Crippen molar-refractivity contribution in [1.82, 2.24) is 4.98 Å².